The standard InChI is InChI=1S/C12H20N4O2S2/c1-2-6-15-20(17,18)16(8-5-12(13)19)10-11-4-3-7-14-9-11/h3-4,7,9,15H,2,5-6,8,10H2,1H3,(H2,13,19). The Labute approximate surface area is 125 Å². The van der Waals surface area contributed by atoms with Crippen LogP contribution in [0.1, 0.15) is 25.3 Å². The van der Waals surface area contributed by atoms with Crippen molar-refractivity contribution < 1.29 is 8.42 Å². The lowest BCUT2D eigenvalue weighted by molar-refractivity contribution is 0.406. The second kappa shape index (κ2) is 8.25. The molecule has 1 heterocycles. The smallest absolute Gasteiger partial charge is 0.279 e. The fraction of sp³-hybridized carbons (Fsp3) is 0.500. The molecule has 0 bridgehead atoms. The van der Waals surface area contributed by atoms with Gasteiger partial charge in [-0.25, -0.2) is 4.72 Å². The fourth-order valence-electron chi connectivity index (χ4n) is 1.54. The molecule has 1 aromatic heterocycles. The maximum absolute atomic E-state index is 12.2. The molecule has 112 valence electrons. The van der Waals surface area contributed by atoms with Gasteiger partial charge in [-0.2, -0.15) is 12.7 Å². The maximum Gasteiger partial charge on any atom is 0.279 e. The summed E-state index contributed by atoms with van der Waals surface area (Å²) < 4.78 is 28.3. The van der Waals surface area contributed by atoms with Gasteiger partial charge in [0.05, 0.1) is 4.99 Å². The molecule has 0 aliphatic carbocycles. The first-order chi connectivity index (χ1) is 9.45. The SMILES string of the molecule is CCCNS(=O)(=O)N(CCC(N)=S)Cc1cccnc1. The lowest BCUT2D eigenvalue weighted by Gasteiger charge is -2.22. The van der Waals surface area contributed by atoms with Crippen LogP contribution in [0.15, 0.2) is 24.5 Å². The Bertz CT molecular complexity index is 520. The second-order valence-corrected chi connectivity index (χ2v) is 6.59. The highest BCUT2D eigenvalue weighted by molar-refractivity contribution is 7.87. The molecular weight excluding hydrogens is 296 g/mol. The van der Waals surface area contributed by atoms with Crippen LogP contribution in [0.3, 0.4) is 0 Å². The molecule has 0 amide bonds. The van der Waals surface area contributed by atoms with E-state index < -0.39 is 10.2 Å². The third-order valence-corrected chi connectivity index (χ3v) is 4.33. The van der Waals surface area contributed by atoms with Crippen molar-refractivity contribution in [3.05, 3.63) is 30.1 Å². The topological polar surface area (TPSA) is 88.3 Å². The van der Waals surface area contributed by atoms with Crippen molar-refractivity contribution >= 4 is 27.4 Å². The fourth-order valence-corrected chi connectivity index (χ4v) is 2.92. The van der Waals surface area contributed by atoms with E-state index >= 15 is 0 Å². The van der Waals surface area contributed by atoms with Crippen molar-refractivity contribution in [3.8, 4) is 0 Å². The van der Waals surface area contributed by atoms with Crippen LogP contribution >= 0.6 is 12.2 Å². The summed E-state index contributed by atoms with van der Waals surface area (Å²) in [5.41, 5.74) is 6.27. The van der Waals surface area contributed by atoms with Gasteiger partial charge in [0, 0.05) is 38.4 Å². The molecule has 3 N–H and O–H groups in total. The summed E-state index contributed by atoms with van der Waals surface area (Å²) in [6.45, 7) is 2.81. The summed E-state index contributed by atoms with van der Waals surface area (Å²) in [5.74, 6) is 0. The normalized spacial score (nSPS) is 11.7. The molecule has 0 saturated heterocycles. The van der Waals surface area contributed by atoms with Gasteiger partial charge < -0.3 is 5.73 Å². The van der Waals surface area contributed by atoms with Gasteiger partial charge in [0.2, 0.25) is 0 Å². The zero-order valence-electron chi connectivity index (χ0n) is 11.4. The number of pyridine rings is 1. The summed E-state index contributed by atoms with van der Waals surface area (Å²) >= 11 is 4.81. The molecule has 0 fully saturated rings. The number of thiocarbonyl (C=S) groups is 1. The van der Waals surface area contributed by atoms with Crippen LogP contribution in [0.4, 0.5) is 0 Å². The van der Waals surface area contributed by atoms with Gasteiger partial charge in [0.25, 0.3) is 10.2 Å². The predicted octanol–water partition coefficient (Wildman–Crippen LogP) is 0.804. The molecule has 0 atom stereocenters. The summed E-state index contributed by atoms with van der Waals surface area (Å²) in [7, 11) is -3.54. The van der Waals surface area contributed by atoms with E-state index in [0.717, 1.165) is 12.0 Å². The van der Waals surface area contributed by atoms with E-state index in [0.29, 0.717) is 18.0 Å². The summed E-state index contributed by atoms with van der Waals surface area (Å²) in [6.07, 6.45) is 4.37. The number of hydrogen-bond acceptors (Lipinski definition) is 4. The number of aromatic nitrogens is 1. The van der Waals surface area contributed by atoms with Gasteiger partial charge in [-0.05, 0) is 18.1 Å². The lowest BCUT2D eigenvalue weighted by Crippen LogP contribution is -2.41. The molecule has 0 saturated carbocycles. The molecule has 20 heavy (non-hydrogen) atoms. The molecule has 0 aromatic carbocycles. The molecule has 0 unspecified atom stereocenters. The number of rotatable bonds is 9. The van der Waals surface area contributed by atoms with Crippen molar-refractivity contribution in [1.82, 2.24) is 14.0 Å². The second-order valence-electron chi connectivity index (χ2n) is 4.31. The van der Waals surface area contributed by atoms with Gasteiger partial charge in [-0.15, -0.1) is 0 Å². The predicted molar refractivity (Wildman–Crippen MR) is 83.3 cm³/mol. The molecule has 0 spiro atoms. The zero-order valence-corrected chi connectivity index (χ0v) is 13.1. The average Bonchev–Trinajstić information content (AvgIpc) is 2.42. The number of hydrogen-bond donors (Lipinski definition) is 2. The molecular formula is C12H20N4O2S2. The van der Waals surface area contributed by atoms with Gasteiger partial charge in [0.1, 0.15) is 0 Å². The van der Waals surface area contributed by atoms with Crippen LogP contribution in [0.25, 0.3) is 0 Å². The molecule has 0 aliphatic rings. The van der Waals surface area contributed by atoms with Gasteiger partial charge in [0.15, 0.2) is 0 Å². The highest BCUT2D eigenvalue weighted by Gasteiger charge is 2.21. The van der Waals surface area contributed by atoms with Crippen LogP contribution in [-0.2, 0) is 16.8 Å². The Hall–Kier alpha value is -1.09. The Morgan fingerprint density at radius 3 is 2.85 bits per heavy atom. The average molecular weight is 316 g/mol. The van der Waals surface area contributed by atoms with E-state index in [4.69, 9.17) is 18.0 Å². The minimum Gasteiger partial charge on any atom is -0.393 e. The minimum atomic E-state index is -3.54. The van der Waals surface area contributed by atoms with Crippen LogP contribution in [0.5, 0.6) is 0 Å². The van der Waals surface area contributed by atoms with Crippen molar-refractivity contribution in [2.75, 3.05) is 13.1 Å². The number of nitrogens with zero attached hydrogens (tertiary/aromatic N) is 2. The third kappa shape index (κ3) is 5.91. The largest absolute Gasteiger partial charge is 0.393 e. The minimum absolute atomic E-state index is 0.246. The van der Waals surface area contributed by atoms with Crippen molar-refractivity contribution in [2.24, 2.45) is 5.73 Å². The van der Waals surface area contributed by atoms with Crippen LogP contribution in [0, 0.1) is 0 Å². The van der Waals surface area contributed by atoms with Gasteiger partial charge in [-0.3, -0.25) is 4.98 Å². The molecule has 0 radical (unpaired) electrons. The quantitative estimate of drug-likeness (QED) is 0.658. The van der Waals surface area contributed by atoms with E-state index in [2.05, 4.69) is 9.71 Å². The Morgan fingerprint density at radius 1 is 1.55 bits per heavy atom. The van der Waals surface area contributed by atoms with Crippen molar-refractivity contribution in [3.63, 3.8) is 0 Å². The maximum atomic E-state index is 12.2. The first kappa shape index (κ1) is 17.0. The molecule has 1 rings (SSSR count). The molecule has 8 heteroatoms. The first-order valence-electron chi connectivity index (χ1n) is 6.37. The molecule has 0 aliphatic heterocycles. The summed E-state index contributed by atoms with van der Waals surface area (Å²) in [5, 5.41) is 0. The number of nitrogens with two attached hydrogens (primary N) is 1. The Kier molecular flexibility index (Phi) is 7.00. The van der Waals surface area contributed by atoms with E-state index in [1.165, 1.54) is 4.31 Å². The Morgan fingerprint density at radius 2 is 2.30 bits per heavy atom. The Balaban J connectivity index is 2.81. The highest BCUT2D eigenvalue weighted by Crippen LogP contribution is 2.08. The van der Waals surface area contributed by atoms with Crippen molar-refractivity contribution in [1.29, 1.82) is 0 Å². The molecule has 1 aromatic rings. The zero-order chi connectivity index (χ0) is 15.0. The lowest BCUT2D eigenvalue weighted by atomic mass is 10.3. The van der Waals surface area contributed by atoms with Gasteiger partial charge >= 0.3 is 0 Å². The van der Waals surface area contributed by atoms with Crippen LogP contribution in [-0.4, -0.2) is 35.8 Å². The van der Waals surface area contributed by atoms with Gasteiger partial charge in [-0.1, -0.05) is 25.2 Å². The van der Waals surface area contributed by atoms with E-state index in [1.807, 2.05) is 13.0 Å². The summed E-state index contributed by atoms with van der Waals surface area (Å²) in [6, 6.07) is 3.60. The van der Waals surface area contributed by atoms with Crippen molar-refractivity contribution in [2.45, 2.75) is 26.3 Å². The van der Waals surface area contributed by atoms with E-state index in [-0.39, 0.29) is 13.1 Å². The first-order valence-corrected chi connectivity index (χ1v) is 8.22. The monoisotopic (exact) mass is 316 g/mol. The summed E-state index contributed by atoms with van der Waals surface area (Å²) in [4.78, 5) is 4.28. The van der Waals surface area contributed by atoms with Crippen LogP contribution in [0.2, 0.25) is 0 Å². The van der Waals surface area contributed by atoms with E-state index in [9.17, 15) is 8.42 Å². The molecule has 6 nitrogen and oxygen atoms in total. The van der Waals surface area contributed by atoms with Crippen LogP contribution < -0.4 is 10.5 Å². The van der Waals surface area contributed by atoms with E-state index in [1.54, 1.807) is 18.5 Å². The highest BCUT2D eigenvalue weighted by atomic mass is 32.2. The third-order valence-electron chi connectivity index (χ3n) is 2.56. The number of nitrogens with one attached hydrogen (secondary N) is 1.